The molecule has 34 heavy (non-hydrogen) atoms. The molecular weight excluding hydrogens is 456 g/mol. The van der Waals surface area contributed by atoms with Gasteiger partial charge in [-0.05, 0) is 37.4 Å². The molecule has 0 fully saturated rings. The van der Waals surface area contributed by atoms with E-state index in [0.717, 1.165) is 11.1 Å². The first kappa shape index (κ1) is 23.1. The molecule has 0 bridgehead atoms. The van der Waals surface area contributed by atoms with Crippen molar-refractivity contribution in [3.8, 4) is 22.8 Å². The predicted molar refractivity (Wildman–Crippen MR) is 128 cm³/mol. The van der Waals surface area contributed by atoms with Gasteiger partial charge in [0.05, 0.1) is 12.7 Å². The summed E-state index contributed by atoms with van der Waals surface area (Å²) in [6.07, 6.45) is 1.84. The van der Waals surface area contributed by atoms with Crippen LogP contribution in [-0.2, 0) is 16.1 Å². The number of nitrogens with two attached hydrogens (primary N) is 1. The van der Waals surface area contributed by atoms with Crippen LogP contribution in [0.1, 0.15) is 15.9 Å². The molecule has 2 heterocycles. The van der Waals surface area contributed by atoms with Crippen LogP contribution in [-0.4, -0.2) is 45.2 Å². The number of nitrogens with zero attached hydrogens (tertiary/aromatic N) is 4. The van der Waals surface area contributed by atoms with Gasteiger partial charge in [0.15, 0.2) is 0 Å². The minimum absolute atomic E-state index is 0.128. The highest BCUT2D eigenvalue weighted by Gasteiger charge is 2.24. The van der Waals surface area contributed by atoms with E-state index in [2.05, 4.69) is 25.3 Å². The van der Waals surface area contributed by atoms with E-state index in [4.69, 9.17) is 10.3 Å². The first-order valence-electron chi connectivity index (χ1n) is 10.2. The molecule has 0 spiro atoms. The summed E-state index contributed by atoms with van der Waals surface area (Å²) in [4.78, 5) is 28.6. The third kappa shape index (κ3) is 4.79. The number of aryl methyl sites for hydroxylation is 1. The SMILES string of the molecule is COC(=O)c1ccc(NC(=O)Cn2nc(SC)c(-c3nc(-c4ccc(C)cc4)no3)c2N)cc1. The van der Waals surface area contributed by atoms with E-state index in [0.29, 0.717) is 27.7 Å². The summed E-state index contributed by atoms with van der Waals surface area (Å²) < 4.78 is 11.5. The zero-order valence-corrected chi connectivity index (χ0v) is 19.5. The lowest BCUT2D eigenvalue weighted by molar-refractivity contribution is -0.116. The number of carbonyl (C=O) groups is 2. The Morgan fingerprint density at radius 3 is 2.50 bits per heavy atom. The van der Waals surface area contributed by atoms with Gasteiger partial charge in [-0.2, -0.15) is 10.1 Å². The summed E-state index contributed by atoms with van der Waals surface area (Å²) in [5, 5.41) is 11.8. The molecule has 174 valence electrons. The highest BCUT2D eigenvalue weighted by Crippen LogP contribution is 2.34. The Hall–Kier alpha value is -4.12. The quantitative estimate of drug-likeness (QED) is 0.301. The average molecular weight is 479 g/mol. The zero-order valence-electron chi connectivity index (χ0n) is 18.7. The van der Waals surface area contributed by atoms with Crippen LogP contribution >= 0.6 is 11.8 Å². The number of hydrogen-bond acceptors (Lipinski definition) is 9. The number of hydrogen-bond donors (Lipinski definition) is 2. The van der Waals surface area contributed by atoms with Gasteiger partial charge in [-0.3, -0.25) is 4.79 Å². The number of aromatic nitrogens is 4. The van der Waals surface area contributed by atoms with Crippen molar-refractivity contribution in [3.63, 3.8) is 0 Å². The van der Waals surface area contributed by atoms with Crippen LogP contribution in [0.3, 0.4) is 0 Å². The molecule has 3 N–H and O–H groups in total. The van der Waals surface area contributed by atoms with E-state index in [1.807, 2.05) is 37.4 Å². The second-order valence-electron chi connectivity index (χ2n) is 7.33. The number of rotatable bonds is 7. The van der Waals surface area contributed by atoms with Crippen molar-refractivity contribution < 1.29 is 18.8 Å². The van der Waals surface area contributed by atoms with Crippen LogP contribution in [0.2, 0.25) is 0 Å². The monoisotopic (exact) mass is 478 g/mol. The molecule has 0 radical (unpaired) electrons. The van der Waals surface area contributed by atoms with Crippen LogP contribution < -0.4 is 11.1 Å². The number of benzene rings is 2. The number of nitrogens with one attached hydrogen (secondary N) is 1. The highest BCUT2D eigenvalue weighted by molar-refractivity contribution is 7.98. The Morgan fingerprint density at radius 2 is 1.85 bits per heavy atom. The molecule has 2 aromatic heterocycles. The van der Waals surface area contributed by atoms with E-state index >= 15 is 0 Å². The van der Waals surface area contributed by atoms with E-state index in [1.165, 1.54) is 23.6 Å². The molecule has 0 aliphatic heterocycles. The predicted octanol–water partition coefficient (Wildman–Crippen LogP) is 3.64. The summed E-state index contributed by atoms with van der Waals surface area (Å²) in [5.74, 6) is 0.0976. The summed E-state index contributed by atoms with van der Waals surface area (Å²) in [5.41, 5.74) is 9.64. The third-order valence-corrected chi connectivity index (χ3v) is 5.66. The van der Waals surface area contributed by atoms with Crippen molar-refractivity contribution in [3.05, 3.63) is 59.7 Å². The topological polar surface area (TPSA) is 138 Å². The fourth-order valence-corrected chi connectivity index (χ4v) is 3.78. The Morgan fingerprint density at radius 1 is 1.15 bits per heavy atom. The summed E-state index contributed by atoms with van der Waals surface area (Å²) in [6, 6.07) is 14.1. The minimum atomic E-state index is -0.453. The number of anilines is 2. The molecule has 10 nitrogen and oxygen atoms in total. The summed E-state index contributed by atoms with van der Waals surface area (Å²) in [7, 11) is 1.31. The minimum Gasteiger partial charge on any atom is -0.465 e. The lowest BCUT2D eigenvalue weighted by Crippen LogP contribution is -2.20. The fourth-order valence-electron chi connectivity index (χ4n) is 3.21. The van der Waals surface area contributed by atoms with Crippen molar-refractivity contribution in [2.45, 2.75) is 18.5 Å². The smallest absolute Gasteiger partial charge is 0.337 e. The summed E-state index contributed by atoms with van der Waals surface area (Å²) in [6.45, 7) is 1.87. The van der Waals surface area contributed by atoms with Crippen LogP contribution in [0.25, 0.3) is 22.8 Å². The summed E-state index contributed by atoms with van der Waals surface area (Å²) >= 11 is 1.35. The molecule has 0 saturated carbocycles. The Kier molecular flexibility index (Phi) is 6.64. The zero-order chi connectivity index (χ0) is 24.2. The first-order valence-corrected chi connectivity index (χ1v) is 11.4. The molecule has 1 amide bonds. The van der Waals surface area contributed by atoms with Gasteiger partial charge in [-0.15, -0.1) is 11.8 Å². The molecule has 0 aliphatic rings. The average Bonchev–Trinajstić information content (AvgIpc) is 3.44. The van der Waals surface area contributed by atoms with Gasteiger partial charge < -0.3 is 20.3 Å². The van der Waals surface area contributed by atoms with Crippen molar-refractivity contribution in [1.82, 2.24) is 19.9 Å². The standard InChI is InChI=1S/C23H22N6O4S/c1-13-4-6-14(7-5-13)20-26-21(33-28-20)18-19(24)29(27-22(18)34-3)12-17(30)25-16-10-8-15(9-11-16)23(31)32-2/h4-11H,12,24H2,1-3H3,(H,25,30). The van der Waals surface area contributed by atoms with Crippen molar-refractivity contribution in [2.24, 2.45) is 0 Å². The van der Waals surface area contributed by atoms with Gasteiger partial charge in [0.25, 0.3) is 5.89 Å². The van der Waals surface area contributed by atoms with Crippen molar-refractivity contribution in [1.29, 1.82) is 0 Å². The molecule has 2 aromatic carbocycles. The van der Waals surface area contributed by atoms with Crippen molar-refractivity contribution in [2.75, 3.05) is 24.4 Å². The first-order chi connectivity index (χ1) is 16.4. The number of esters is 1. The van der Waals surface area contributed by atoms with E-state index in [-0.39, 0.29) is 24.2 Å². The lowest BCUT2D eigenvalue weighted by atomic mass is 10.1. The van der Waals surface area contributed by atoms with Gasteiger partial charge >= 0.3 is 5.97 Å². The van der Waals surface area contributed by atoms with Crippen LogP contribution in [0, 0.1) is 6.92 Å². The fraction of sp³-hybridized carbons (Fsp3) is 0.174. The number of methoxy groups -OCH3 is 1. The molecule has 11 heteroatoms. The molecule has 0 atom stereocenters. The number of amides is 1. The molecular formula is C23H22N6O4S. The Labute approximate surface area is 199 Å². The number of ether oxygens (including phenoxy) is 1. The van der Waals surface area contributed by atoms with E-state index in [9.17, 15) is 9.59 Å². The Bertz CT molecular complexity index is 1330. The maximum atomic E-state index is 12.6. The third-order valence-electron chi connectivity index (χ3n) is 4.99. The molecule has 0 aliphatic carbocycles. The van der Waals surface area contributed by atoms with Gasteiger partial charge in [-0.1, -0.05) is 35.0 Å². The number of nitrogen functional groups attached to an aromatic ring is 1. The van der Waals surface area contributed by atoms with E-state index in [1.54, 1.807) is 24.3 Å². The van der Waals surface area contributed by atoms with Gasteiger partial charge in [-0.25, -0.2) is 9.48 Å². The highest BCUT2D eigenvalue weighted by atomic mass is 32.2. The largest absolute Gasteiger partial charge is 0.465 e. The van der Waals surface area contributed by atoms with Crippen LogP contribution in [0.5, 0.6) is 0 Å². The van der Waals surface area contributed by atoms with Gasteiger partial charge in [0.1, 0.15) is 23.0 Å². The second kappa shape index (κ2) is 9.79. The second-order valence-corrected chi connectivity index (χ2v) is 8.13. The van der Waals surface area contributed by atoms with Gasteiger partial charge in [0, 0.05) is 11.3 Å². The van der Waals surface area contributed by atoms with Gasteiger partial charge in [0.2, 0.25) is 11.7 Å². The molecule has 0 unspecified atom stereocenters. The number of thioether (sulfide) groups is 1. The number of carbonyl (C=O) groups excluding carboxylic acids is 2. The van der Waals surface area contributed by atoms with Crippen LogP contribution in [0.15, 0.2) is 58.1 Å². The normalized spacial score (nSPS) is 10.8. The lowest BCUT2D eigenvalue weighted by Gasteiger charge is -2.07. The molecule has 4 aromatic rings. The van der Waals surface area contributed by atoms with Crippen molar-refractivity contribution >= 4 is 35.1 Å². The molecule has 0 saturated heterocycles. The maximum absolute atomic E-state index is 12.6. The maximum Gasteiger partial charge on any atom is 0.337 e. The van der Waals surface area contributed by atoms with Crippen LogP contribution in [0.4, 0.5) is 11.5 Å². The molecule has 4 rings (SSSR count). The Balaban J connectivity index is 1.52. The van der Waals surface area contributed by atoms with E-state index < -0.39 is 5.97 Å².